The van der Waals surface area contributed by atoms with Crippen LogP contribution in [0.2, 0.25) is 0 Å². The molecule has 0 aromatic heterocycles. The third-order valence-corrected chi connectivity index (χ3v) is 3.75. The molecule has 0 aromatic carbocycles. The number of amides is 2. The first-order chi connectivity index (χ1) is 9.39. The summed E-state index contributed by atoms with van der Waals surface area (Å²) in [6.07, 6.45) is 1.15. The average molecular weight is 285 g/mol. The summed E-state index contributed by atoms with van der Waals surface area (Å²) >= 11 is 0. The number of carboxylic acids is 1. The standard InChI is InChI=1S/C13H23N3O4/c1-3-13(12(19)20)4-7-16(9-13)8-11(18)15-6-5-14-10(2)17/h3-9H2,1-2H3,(H,14,17)(H,15,18)(H,19,20). The van der Waals surface area contributed by atoms with Crippen molar-refractivity contribution in [3.63, 3.8) is 0 Å². The van der Waals surface area contributed by atoms with Gasteiger partial charge in [0.1, 0.15) is 0 Å². The topological polar surface area (TPSA) is 98.7 Å². The fourth-order valence-corrected chi connectivity index (χ4v) is 2.41. The third kappa shape index (κ3) is 4.48. The molecule has 1 atom stereocenters. The Morgan fingerprint density at radius 1 is 1.25 bits per heavy atom. The summed E-state index contributed by atoms with van der Waals surface area (Å²) in [5.74, 6) is -1.06. The van der Waals surface area contributed by atoms with Gasteiger partial charge in [-0.05, 0) is 19.4 Å². The van der Waals surface area contributed by atoms with Crippen molar-refractivity contribution in [2.45, 2.75) is 26.7 Å². The van der Waals surface area contributed by atoms with Crippen LogP contribution in [0.4, 0.5) is 0 Å². The van der Waals surface area contributed by atoms with Gasteiger partial charge >= 0.3 is 5.97 Å². The summed E-state index contributed by atoms with van der Waals surface area (Å²) in [5.41, 5.74) is -0.712. The van der Waals surface area contributed by atoms with E-state index in [1.54, 1.807) is 0 Å². The molecular formula is C13H23N3O4. The molecule has 1 saturated heterocycles. The lowest BCUT2D eigenvalue weighted by molar-refractivity contribution is -0.148. The van der Waals surface area contributed by atoms with Crippen molar-refractivity contribution >= 4 is 17.8 Å². The van der Waals surface area contributed by atoms with Crippen LogP contribution in [0.3, 0.4) is 0 Å². The van der Waals surface area contributed by atoms with Crippen molar-refractivity contribution in [1.82, 2.24) is 15.5 Å². The van der Waals surface area contributed by atoms with E-state index < -0.39 is 11.4 Å². The van der Waals surface area contributed by atoms with E-state index in [4.69, 9.17) is 0 Å². The molecule has 1 heterocycles. The van der Waals surface area contributed by atoms with E-state index in [0.29, 0.717) is 39.0 Å². The van der Waals surface area contributed by atoms with Crippen LogP contribution in [0.15, 0.2) is 0 Å². The molecule has 0 saturated carbocycles. The molecule has 7 heteroatoms. The Kier molecular flexibility index (Phi) is 5.94. The quantitative estimate of drug-likeness (QED) is 0.544. The van der Waals surface area contributed by atoms with Crippen LogP contribution in [0.5, 0.6) is 0 Å². The van der Waals surface area contributed by atoms with E-state index in [0.717, 1.165) is 0 Å². The number of aliphatic carboxylic acids is 1. The zero-order chi connectivity index (χ0) is 15.2. The number of hydrogen-bond acceptors (Lipinski definition) is 4. The highest BCUT2D eigenvalue weighted by molar-refractivity contribution is 5.79. The van der Waals surface area contributed by atoms with Gasteiger partial charge < -0.3 is 15.7 Å². The summed E-state index contributed by atoms with van der Waals surface area (Å²) in [4.78, 5) is 35.5. The zero-order valence-corrected chi connectivity index (χ0v) is 12.1. The Morgan fingerprint density at radius 2 is 1.90 bits per heavy atom. The average Bonchev–Trinajstić information content (AvgIpc) is 2.79. The molecule has 2 amide bonds. The smallest absolute Gasteiger partial charge is 0.310 e. The lowest BCUT2D eigenvalue weighted by Crippen LogP contribution is -2.41. The normalized spacial score (nSPS) is 22.5. The lowest BCUT2D eigenvalue weighted by atomic mass is 9.84. The molecule has 1 rings (SSSR count). The van der Waals surface area contributed by atoms with Crippen LogP contribution in [0.25, 0.3) is 0 Å². The van der Waals surface area contributed by atoms with Gasteiger partial charge in [0, 0.05) is 26.6 Å². The fraction of sp³-hybridized carbons (Fsp3) is 0.769. The largest absolute Gasteiger partial charge is 0.481 e. The van der Waals surface area contributed by atoms with Crippen LogP contribution in [-0.4, -0.2) is 60.5 Å². The molecule has 114 valence electrons. The van der Waals surface area contributed by atoms with Crippen molar-refractivity contribution in [3.8, 4) is 0 Å². The van der Waals surface area contributed by atoms with E-state index in [2.05, 4.69) is 10.6 Å². The summed E-state index contributed by atoms with van der Waals surface area (Å²) in [7, 11) is 0. The molecule has 7 nitrogen and oxygen atoms in total. The number of carbonyl (C=O) groups is 3. The van der Waals surface area contributed by atoms with E-state index in [1.165, 1.54) is 6.92 Å². The van der Waals surface area contributed by atoms with Crippen molar-refractivity contribution in [1.29, 1.82) is 0 Å². The Hall–Kier alpha value is -1.63. The molecule has 0 spiro atoms. The fourth-order valence-electron chi connectivity index (χ4n) is 2.41. The van der Waals surface area contributed by atoms with Crippen LogP contribution < -0.4 is 10.6 Å². The summed E-state index contributed by atoms with van der Waals surface area (Å²) in [6.45, 7) is 5.30. The van der Waals surface area contributed by atoms with Gasteiger partial charge in [0.05, 0.1) is 12.0 Å². The minimum absolute atomic E-state index is 0.132. The second-order valence-electron chi connectivity index (χ2n) is 5.23. The molecular weight excluding hydrogens is 262 g/mol. The molecule has 0 radical (unpaired) electrons. The van der Waals surface area contributed by atoms with Crippen molar-refractivity contribution in [2.75, 3.05) is 32.7 Å². The Morgan fingerprint density at radius 3 is 2.40 bits per heavy atom. The maximum absolute atomic E-state index is 11.7. The van der Waals surface area contributed by atoms with Crippen molar-refractivity contribution in [2.24, 2.45) is 5.41 Å². The van der Waals surface area contributed by atoms with Gasteiger partial charge in [-0.1, -0.05) is 6.92 Å². The molecule has 3 N–H and O–H groups in total. The molecule has 0 aliphatic carbocycles. The number of carbonyl (C=O) groups excluding carboxylic acids is 2. The summed E-state index contributed by atoms with van der Waals surface area (Å²) in [5, 5.41) is 14.6. The molecule has 1 unspecified atom stereocenters. The van der Waals surface area contributed by atoms with Gasteiger partial charge in [0.2, 0.25) is 11.8 Å². The first-order valence-electron chi connectivity index (χ1n) is 6.86. The maximum atomic E-state index is 11.7. The first-order valence-corrected chi connectivity index (χ1v) is 6.86. The van der Waals surface area contributed by atoms with Crippen molar-refractivity contribution in [3.05, 3.63) is 0 Å². The minimum atomic E-state index is -0.784. The van der Waals surface area contributed by atoms with Gasteiger partial charge in [0.25, 0.3) is 0 Å². The van der Waals surface area contributed by atoms with Crippen LogP contribution >= 0.6 is 0 Å². The second-order valence-corrected chi connectivity index (χ2v) is 5.23. The number of carboxylic acid groups (broad SMARTS) is 1. The van der Waals surface area contributed by atoms with Gasteiger partial charge in [-0.25, -0.2) is 0 Å². The zero-order valence-electron chi connectivity index (χ0n) is 12.1. The highest BCUT2D eigenvalue weighted by atomic mass is 16.4. The highest BCUT2D eigenvalue weighted by Gasteiger charge is 2.43. The molecule has 1 fully saturated rings. The Labute approximate surface area is 118 Å². The lowest BCUT2D eigenvalue weighted by Gasteiger charge is -2.22. The number of nitrogens with one attached hydrogen (secondary N) is 2. The van der Waals surface area contributed by atoms with Crippen LogP contribution in [-0.2, 0) is 14.4 Å². The predicted octanol–water partition coefficient (Wildman–Crippen LogP) is -0.575. The van der Waals surface area contributed by atoms with Gasteiger partial charge in [-0.2, -0.15) is 0 Å². The number of rotatable bonds is 7. The van der Waals surface area contributed by atoms with Crippen molar-refractivity contribution < 1.29 is 19.5 Å². The van der Waals surface area contributed by atoms with E-state index in [1.807, 2.05) is 11.8 Å². The van der Waals surface area contributed by atoms with Crippen LogP contribution in [0.1, 0.15) is 26.7 Å². The molecule has 1 aliphatic rings. The highest BCUT2D eigenvalue weighted by Crippen LogP contribution is 2.33. The molecule has 1 aliphatic heterocycles. The summed E-state index contributed by atoms with van der Waals surface area (Å²) in [6, 6.07) is 0. The van der Waals surface area contributed by atoms with Gasteiger partial charge in [0.15, 0.2) is 0 Å². The maximum Gasteiger partial charge on any atom is 0.310 e. The number of nitrogens with zero attached hydrogens (tertiary/aromatic N) is 1. The third-order valence-electron chi connectivity index (χ3n) is 3.75. The van der Waals surface area contributed by atoms with E-state index in [-0.39, 0.29) is 18.4 Å². The second kappa shape index (κ2) is 7.23. The monoisotopic (exact) mass is 285 g/mol. The molecule has 20 heavy (non-hydrogen) atoms. The van der Waals surface area contributed by atoms with E-state index >= 15 is 0 Å². The molecule has 0 bridgehead atoms. The number of hydrogen-bond donors (Lipinski definition) is 3. The van der Waals surface area contributed by atoms with Gasteiger partial charge in [-0.15, -0.1) is 0 Å². The summed E-state index contributed by atoms with van der Waals surface area (Å²) < 4.78 is 0. The van der Waals surface area contributed by atoms with E-state index in [9.17, 15) is 19.5 Å². The Bertz CT molecular complexity index is 386. The Balaban J connectivity index is 2.30. The predicted molar refractivity (Wildman–Crippen MR) is 73.1 cm³/mol. The SMILES string of the molecule is CCC1(C(=O)O)CCN(CC(=O)NCCNC(C)=O)C1. The van der Waals surface area contributed by atoms with Crippen LogP contribution in [0, 0.1) is 5.41 Å². The number of likely N-dealkylation sites (tertiary alicyclic amines) is 1. The van der Waals surface area contributed by atoms with Gasteiger partial charge in [-0.3, -0.25) is 19.3 Å². The first kappa shape index (κ1) is 16.4. The molecule has 0 aromatic rings. The minimum Gasteiger partial charge on any atom is -0.481 e.